The van der Waals surface area contributed by atoms with E-state index < -0.39 is 84.8 Å². The van der Waals surface area contributed by atoms with Crippen molar-refractivity contribution in [2.45, 2.75) is 61.4 Å². The second-order valence-electron chi connectivity index (χ2n) is 10.2. The highest BCUT2D eigenvalue weighted by atomic mass is 16.8. The Morgan fingerprint density at radius 1 is 1.18 bits per heavy atom. The predicted molar refractivity (Wildman–Crippen MR) is 133 cm³/mol. The lowest BCUT2D eigenvalue weighted by molar-refractivity contribution is -0.339. The first-order valence-electron chi connectivity index (χ1n) is 12.8. The van der Waals surface area contributed by atoms with Crippen molar-refractivity contribution in [2.75, 3.05) is 19.0 Å². The lowest BCUT2D eigenvalue weighted by Gasteiger charge is -2.43. The van der Waals surface area contributed by atoms with Crippen LogP contribution in [0.2, 0.25) is 0 Å². The van der Waals surface area contributed by atoms with Crippen molar-refractivity contribution in [3.8, 4) is 0 Å². The van der Waals surface area contributed by atoms with Gasteiger partial charge in [0, 0.05) is 17.5 Å². The number of esters is 2. The zero-order chi connectivity index (χ0) is 28.8. The highest BCUT2D eigenvalue weighted by molar-refractivity contribution is 6.09. The first-order valence-corrected chi connectivity index (χ1v) is 12.8. The van der Waals surface area contributed by atoms with Crippen LogP contribution in [0.25, 0.3) is 0 Å². The third-order valence-electron chi connectivity index (χ3n) is 8.09. The highest BCUT2D eigenvalue weighted by Crippen LogP contribution is 2.51. The van der Waals surface area contributed by atoms with Gasteiger partial charge in [-0.1, -0.05) is 24.3 Å². The normalized spacial score (nSPS) is 38.6. The molecule has 0 aromatic heterocycles. The monoisotopic (exact) mass is 561 g/mol. The van der Waals surface area contributed by atoms with Crippen LogP contribution in [0.3, 0.4) is 0 Å². The molecule has 0 radical (unpaired) electrons. The van der Waals surface area contributed by atoms with Crippen LogP contribution in [0.15, 0.2) is 48.8 Å². The zero-order valence-corrected chi connectivity index (χ0v) is 21.5. The number of methoxy groups -OCH3 is 1. The van der Waals surface area contributed by atoms with Crippen molar-refractivity contribution in [1.82, 2.24) is 0 Å². The molecule has 0 aliphatic carbocycles. The third kappa shape index (κ3) is 4.48. The van der Waals surface area contributed by atoms with E-state index in [-0.39, 0.29) is 18.4 Å². The molecule has 0 bridgehead atoms. The summed E-state index contributed by atoms with van der Waals surface area (Å²) in [6, 6.07) is 6.99. The summed E-state index contributed by atoms with van der Waals surface area (Å²) in [4.78, 5) is 38.7. The lowest BCUT2D eigenvalue weighted by atomic mass is 9.70. The van der Waals surface area contributed by atoms with E-state index in [9.17, 15) is 34.8 Å². The van der Waals surface area contributed by atoms with Crippen LogP contribution in [0.5, 0.6) is 0 Å². The van der Waals surface area contributed by atoms with E-state index in [0.717, 1.165) is 6.26 Å². The van der Waals surface area contributed by atoms with Crippen LogP contribution in [-0.4, -0.2) is 95.1 Å². The van der Waals surface area contributed by atoms with E-state index in [1.54, 1.807) is 24.3 Å². The summed E-state index contributed by atoms with van der Waals surface area (Å²) in [6.07, 6.45) is -7.58. The molecule has 4 aliphatic heterocycles. The average molecular weight is 562 g/mol. The molecule has 1 aromatic rings. The number of hydrogen-bond donors (Lipinski definition) is 5. The number of ether oxygens (including phenoxy) is 5. The summed E-state index contributed by atoms with van der Waals surface area (Å²) in [5.41, 5.74) is -0.0794. The van der Waals surface area contributed by atoms with Gasteiger partial charge in [0.05, 0.1) is 32.0 Å². The fourth-order valence-electron chi connectivity index (χ4n) is 5.98. The minimum atomic E-state index is -1.70. The number of fused-ring (bicyclic) bond motifs is 2. The van der Waals surface area contributed by atoms with E-state index >= 15 is 0 Å². The van der Waals surface area contributed by atoms with Crippen LogP contribution < -0.4 is 5.32 Å². The van der Waals surface area contributed by atoms with Crippen molar-refractivity contribution < 1.29 is 58.5 Å². The quantitative estimate of drug-likeness (QED) is 0.207. The molecule has 2 saturated heterocycles. The Labute approximate surface area is 228 Å². The van der Waals surface area contributed by atoms with Crippen molar-refractivity contribution >= 4 is 23.5 Å². The van der Waals surface area contributed by atoms with E-state index in [0.29, 0.717) is 11.3 Å². The second-order valence-corrected chi connectivity index (χ2v) is 10.2. The number of para-hydroxylation sites is 1. The van der Waals surface area contributed by atoms with Gasteiger partial charge in [-0.05, 0) is 18.1 Å². The largest absolute Gasteiger partial charge is 0.471 e. The standard InChI is InChI=1S/C27H31NO12/c1-3-12-13(8-18-27(9-19(30)39-18)15-6-4-5-7-16(15)28-26(27)35)14(23(34)36-2)11-37-24(12)40-25-22(33)21(32)20(31)17(10-29)38-25/h3-7,11-13,17-18,20-22,24-25,29,31-33H,1,8-10H2,2H3,(H,28,35)/t12-,13+,17-,18-,20-,21+,22-,24+,25+,27-/m1/s1. The van der Waals surface area contributed by atoms with Gasteiger partial charge in [0.25, 0.3) is 0 Å². The number of hydrogen-bond acceptors (Lipinski definition) is 12. The van der Waals surface area contributed by atoms with Crippen LogP contribution in [0.1, 0.15) is 18.4 Å². The second kappa shape index (κ2) is 10.9. The topological polar surface area (TPSA) is 190 Å². The Morgan fingerprint density at radius 3 is 2.62 bits per heavy atom. The molecule has 4 aliphatic rings. The molecule has 0 saturated carbocycles. The molecule has 0 unspecified atom stereocenters. The SMILES string of the molecule is C=C[C@H]1[C@H](O[C@@H]2O[C@H](CO)[C@@H](O)[C@H](O)[C@H]2O)OC=C(C(=O)OC)[C@H]1C[C@H]1OC(=O)C[C@]12C(=O)Nc1ccccc12. The summed E-state index contributed by atoms with van der Waals surface area (Å²) in [6.45, 7) is 3.19. The molecule has 4 heterocycles. The van der Waals surface area contributed by atoms with E-state index in [1.807, 2.05) is 0 Å². The molecular weight excluding hydrogens is 530 g/mol. The first kappa shape index (κ1) is 28.2. The van der Waals surface area contributed by atoms with Crippen molar-refractivity contribution in [3.05, 3.63) is 54.3 Å². The number of cyclic esters (lactones) is 1. The number of nitrogens with one attached hydrogen (secondary N) is 1. The predicted octanol–water partition coefficient (Wildman–Crippen LogP) is -0.770. The van der Waals surface area contributed by atoms with E-state index in [1.165, 1.54) is 13.2 Å². The van der Waals surface area contributed by atoms with Gasteiger partial charge in [-0.3, -0.25) is 9.59 Å². The minimum Gasteiger partial charge on any atom is -0.471 e. The number of benzene rings is 1. The van der Waals surface area contributed by atoms with Gasteiger partial charge >= 0.3 is 11.9 Å². The molecule has 40 heavy (non-hydrogen) atoms. The number of aliphatic hydroxyl groups is 4. The molecule has 10 atom stereocenters. The molecule has 216 valence electrons. The van der Waals surface area contributed by atoms with E-state index in [4.69, 9.17) is 23.7 Å². The maximum absolute atomic E-state index is 13.3. The Kier molecular flexibility index (Phi) is 7.70. The van der Waals surface area contributed by atoms with Crippen LogP contribution in [0, 0.1) is 11.8 Å². The van der Waals surface area contributed by atoms with Crippen LogP contribution in [0.4, 0.5) is 5.69 Å². The summed E-state index contributed by atoms with van der Waals surface area (Å²) in [5.74, 6) is -3.33. The molecule has 1 amide bonds. The Morgan fingerprint density at radius 2 is 1.93 bits per heavy atom. The molecule has 1 aromatic carbocycles. The Bertz CT molecular complexity index is 1220. The lowest BCUT2D eigenvalue weighted by Crippen LogP contribution is -2.60. The molecule has 2 fully saturated rings. The van der Waals surface area contributed by atoms with Crippen LogP contribution >= 0.6 is 0 Å². The summed E-state index contributed by atoms with van der Waals surface area (Å²) in [7, 11) is 1.19. The number of aliphatic hydroxyl groups excluding tert-OH is 4. The summed E-state index contributed by atoms with van der Waals surface area (Å²) in [5, 5.41) is 43.0. The molecular formula is C27H31NO12. The number of anilines is 1. The smallest absolute Gasteiger partial charge is 0.337 e. The number of carbonyl (C=O) groups excluding carboxylic acids is 3. The van der Waals surface area contributed by atoms with Crippen LogP contribution in [-0.2, 0) is 43.5 Å². The van der Waals surface area contributed by atoms with Gasteiger partial charge in [0.1, 0.15) is 35.9 Å². The van der Waals surface area contributed by atoms with Gasteiger partial charge in [-0.2, -0.15) is 0 Å². The van der Waals surface area contributed by atoms with Crippen molar-refractivity contribution in [1.29, 1.82) is 0 Å². The maximum Gasteiger partial charge on any atom is 0.337 e. The number of carbonyl (C=O) groups is 3. The van der Waals surface area contributed by atoms with Gasteiger partial charge in [0.15, 0.2) is 6.29 Å². The van der Waals surface area contributed by atoms with Gasteiger partial charge in [0.2, 0.25) is 12.2 Å². The zero-order valence-electron chi connectivity index (χ0n) is 21.5. The maximum atomic E-state index is 13.3. The number of rotatable bonds is 7. The fraction of sp³-hybridized carbons (Fsp3) is 0.519. The fourth-order valence-corrected chi connectivity index (χ4v) is 5.98. The third-order valence-corrected chi connectivity index (χ3v) is 8.09. The van der Waals surface area contributed by atoms with Gasteiger partial charge < -0.3 is 49.4 Å². The van der Waals surface area contributed by atoms with Crippen molar-refractivity contribution in [3.63, 3.8) is 0 Å². The molecule has 13 heteroatoms. The minimum absolute atomic E-state index is 0.0248. The molecule has 5 rings (SSSR count). The summed E-state index contributed by atoms with van der Waals surface area (Å²) >= 11 is 0. The molecule has 13 nitrogen and oxygen atoms in total. The first-order chi connectivity index (χ1) is 19.2. The highest BCUT2D eigenvalue weighted by Gasteiger charge is 2.61. The number of amides is 1. The van der Waals surface area contributed by atoms with Gasteiger partial charge in [-0.25, -0.2) is 4.79 Å². The summed E-state index contributed by atoms with van der Waals surface area (Å²) < 4.78 is 27.6. The average Bonchev–Trinajstić information content (AvgIpc) is 3.43. The molecule has 5 N–H and O–H groups in total. The van der Waals surface area contributed by atoms with Gasteiger partial charge in [-0.15, -0.1) is 6.58 Å². The van der Waals surface area contributed by atoms with E-state index in [2.05, 4.69) is 11.9 Å². The Hall–Kier alpha value is -3.33. The van der Waals surface area contributed by atoms with Crippen molar-refractivity contribution in [2.24, 2.45) is 11.8 Å². The molecule has 1 spiro atoms. The Balaban J connectivity index is 1.46.